The van der Waals surface area contributed by atoms with Crippen LogP contribution in [0.15, 0.2) is 0 Å². The smallest absolute Gasteiger partial charge is 0.234 e. The minimum Gasteiger partial charge on any atom is -0.352 e. The zero-order chi connectivity index (χ0) is 15.7. The highest BCUT2D eigenvalue weighted by Crippen LogP contribution is 2.44. The number of carbonyl (C=O) groups excluding carboxylic acids is 1. The van der Waals surface area contributed by atoms with Crippen LogP contribution in [0.2, 0.25) is 0 Å². The maximum atomic E-state index is 12.3. The summed E-state index contributed by atoms with van der Waals surface area (Å²) in [6.07, 6.45) is 10.5. The van der Waals surface area contributed by atoms with Gasteiger partial charge in [-0.1, -0.05) is 33.6 Å². The molecule has 2 atom stereocenters. The summed E-state index contributed by atoms with van der Waals surface area (Å²) in [5.74, 6) is 2.49. The third kappa shape index (κ3) is 4.24. The third-order valence-electron chi connectivity index (χ3n) is 5.99. The Morgan fingerprint density at radius 3 is 2.14 bits per heavy atom. The van der Waals surface area contributed by atoms with Crippen molar-refractivity contribution in [1.29, 1.82) is 0 Å². The largest absolute Gasteiger partial charge is 0.352 e. The molecule has 0 heterocycles. The summed E-state index contributed by atoms with van der Waals surface area (Å²) >= 11 is 0. The molecule has 3 fully saturated rings. The number of amides is 1. The molecule has 0 bridgehead atoms. The number of rotatable bonds is 6. The molecule has 3 rings (SSSR count). The van der Waals surface area contributed by atoms with Crippen molar-refractivity contribution in [3.63, 3.8) is 0 Å². The molecule has 0 aromatic rings. The standard InChI is InChI=1S/C19H34N2O/c1-19(2,3)15-6-4-5-7-16(15)20-12-17(22)21-18(13-8-9-13)14-10-11-14/h13-16,18,20H,4-12H2,1-3H3,(H,21,22). The third-order valence-corrected chi connectivity index (χ3v) is 5.99. The molecule has 0 saturated heterocycles. The fourth-order valence-electron chi connectivity index (χ4n) is 4.40. The summed E-state index contributed by atoms with van der Waals surface area (Å²) in [7, 11) is 0. The maximum Gasteiger partial charge on any atom is 0.234 e. The van der Waals surface area contributed by atoms with Crippen LogP contribution in [-0.2, 0) is 4.79 Å². The predicted molar refractivity (Wildman–Crippen MR) is 90.6 cm³/mol. The highest BCUT2D eigenvalue weighted by molar-refractivity contribution is 5.78. The van der Waals surface area contributed by atoms with Gasteiger partial charge in [0.2, 0.25) is 5.91 Å². The average molecular weight is 306 g/mol. The zero-order valence-electron chi connectivity index (χ0n) is 14.7. The van der Waals surface area contributed by atoms with Crippen LogP contribution >= 0.6 is 0 Å². The summed E-state index contributed by atoms with van der Waals surface area (Å²) < 4.78 is 0. The second-order valence-electron chi connectivity index (χ2n) is 9.01. The second kappa shape index (κ2) is 6.51. The quantitative estimate of drug-likeness (QED) is 0.789. The first-order chi connectivity index (χ1) is 10.4. The Morgan fingerprint density at radius 2 is 1.59 bits per heavy atom. The van der Waals surface area contributed by atoms with Crippen LogP contribution in [0.5, 0.6) is 0 Å². The molecule has 2 N–H and O–H groups in total. The van der Waals surface area contributed by atoms with E-state index in [1.54, 1.807) is 0 Å². The molecule has 3 nitrogen and oxygen atoms in total. The molecule has 2 unspecified atom stereocenters. The van der Waals surface area contributed by atoms with Crippen molar-refractivity contribution < 1.29 is 4.79 Å². The van der Waals surface area contributed by atoms with Crippen molar-refractivity contribution in [2.75, 3.05) is 6.54 Å². The lowest BCUT2D eigenvalue weighted by Gasteiger charge is -2.41. The number of nitrogens with one attached hydrogen (secondary N) is 2. The molecule has 22 heavy (non-hydrogen) atoms. The molecule has 3 aliphatic rings. The van der Waals surface area contributed by atoms with Crippen LogP contribution in [0.3, 0.4) is 0 Å². The van der Waals surface area contributed by atoms with Gasteiger partial charge in [0.1, 0.15) is 0 Å². The van der Waals surface area contributed by atoms with Gasteiger partial charge in [-0.05, 0) is 61.7 Å². The second-order valence-corrected chi connectivity index (χ2v) is 9.01. The summed E-state index contributed by atoms with van der Waals surface area (Å²) in [6.45, 7) is 7.53. The van der Waals surface area contributed by atoms with Gasteiger partial charge in [-0.25, -0.2) is 0 Å². The van der Waals surface area contributed by atoms with E-state index < -0.39 is 0 Å². The first-order valence-corrected chi connectivity index (χ1v) is 9.48. The molecule has 126 valence electrons. The summed E-state index contributed by atoms with van der Waals surface area (Å²) in [4.78, 5) is 12.3. The van der Waals surface area contributed by atoms with Crippen LogP contribution in [0.4, 0.5) is 0 Å². The molecular weight excluding hydrogens is 272 g/mol. The van der Waals surface area contributed by atoms with Gasteiger partial charge in [-0.15, -0.1) is 0 Å². The van der Waals surface area contributed by atoms with Gasteiger partial charge in [0.15, 0.2) is 0 Å². The van der Waals surface area contributed by atoms with E-state index in [-0.39, 0.29) is 5.91 Å². The van der Waals surface area contributed by atoms with Gasteiger partial charge in [0.25, 0.3) is 0 Å². The SMILES string of the molecule is CC(C)(C)C1CCCCC1NCC(=O)NC(C1CC1)C1CC1. The molecule has 0 aliphatic heterocycles. The van der Waals surface area contributed by atoms with E-state index in [0.29, 0.717) is 30.0 Å². The van der Waals surface area contributed by atoms with Crippen molar-refractivity contribution in [2.24, 2.45) is 23.2 Å². The van der Waals surface area contributed by atoms with Crippen molar-refractivity contribution >= 4 is 5.91 Å². The topological polar surface area (TPSA) is 41.1 Å². The number of hydrogen-bond acceptors (Lipinski definition) is 2. The fraction of sp³-hybridized carbons (Fsp3) is 0.947. The number of carbonyl (C=O) groups is 1. The molecule has 0 aromatic heterocycles. The van der Waals surface area contributed by atoms with E-state index in [4.69, 9.17) is 0 Å². The van der Waals surface area contributed by atoms with Crippen LogP contribution in [0, 0.1) is 23.2 Å². The first kappa shape index (κ1) is 16.3. The number of hydrogen-bond donors (Lipinski definition) is 2. The predicted octanol–water partition coefficient (Wildman–Crippen LogP) is 3.49. The average Bonchev–Trinajstić information content (AvgIpc) is 3.35. The summed E-state index contributed by atoms with van der Waals surface area (Å²) in [5, 5.41) is 6.92. The normalized spacial score (nSPS) is 29.6. The van der Waals surface area contributed by atoms with Gasteiger partial charge in [-0.2, -0.15) is 0 Å². The van der Waals surface area contributed by atoms with Gasteiger partial charge in [0.05, 0.1) is 6.54 Å². The van der Waals surface area contributed by atoms with Gasteiger partial charge in [0, 0.05) is 12.1 Å². The van der Waals surface area contributed by atoms with E-state index >= 15 is 0 Å². The molecule has 0 spiro atoms. The summed E-state index contributed by atoms with van der Waals surface area (Å²) in [6, 6.07) is 0.999. The van der Waals surface area contributed by atoms with Crippen LogP contribution in [0.25, 0.3) is 0 Å². The minimum absolute atomic E-state index is 0.224. The molecule has 0 radical (unpaired) electrons. The Bertz CT molecular complexity index is 381. The summed E-state index contributed by atoms with van der Waals surface area (Å²) in [5.41, 5.74) is 0.332. The van der Waals surface area contributed by atoms with Gasteiger partial charge < -0.3 is 10.6 Å². The first-order valence-electron chi connectivity index (χ1n) is 9.48. The Kier molecular flexibility index (Phi) is 4.82. The van der Waals surface area contributed by atoms with E-state index in [0.717, 1.165) is 11.8 Å². The van der Waals surface area contributed by atoms with Gasteiger partial charge >= 0.3 is 0 Å². The van der Waals surface area contributed by atoms with E-state index in [9.17, 15) is 4.79 Å². The van der Waals surface area contributed by atoms with E-state index in [2.05, 4.69) is 31.4 Å². The van der Waals surface area contributed by atoms with Crippen LogP contribution in [-0.4, -0.2) is 24.5 Å². The van der Waals surface area contributed by atoms with Crippen molar-refractivity contribution in [3.8, 4) is 0 Å². The molecule has 3 saturated carbocycles. The van der Waals surface area contributed by atoms with E-state index in [1.165, 1.54) is 51.4 Å². The lowest BCUT2D eigenvalue weighted by molar-refractivity contribution is -0.121. The van der Waals surface area contributed by atoms with Crippen molar-refractivity contribution in [2.45, 2.75) is 84.2 Å². The Morgan fingerprint density at radius 1 is 1.00 bits per heavy atom. The van der Waals surface area contributed by atoms with Crippen LogP contribution < -0.4 is 10.6 Å². The molecule has 0 aromatic carbocycles. The Balaban J connectivity index is 1.46. The zero-order valence-corrected chi connectivity index (χ0v) is 14.7. The van der Waals surface area contributed by atoms with Crippen molar-refractivity contribution in [1.82, 2.24) is 10.6 Å². The van der Waals surface area contributed by atoms with Gasteiger partial charge in [-0.3, -0.25) is 4.79 Å². The lowest BCUT2D eigenvalue weighted by atomic mass is 9.69. The van der Waals surface area contributed by atoms with Crippen molar-refractivity contribution in [3.05, 3.63) is 0 Å². The highest BCUT2D eigenvalue weighted by atomic mass is 16.2. The molecular formula is C19H34N2O. The molecule has 3 heteroatoms. The monoisotopic (exact) mass is 306 g/mol. The maximum absolute atomic E-state index is 12.3. The van der Waals surface area contributed by atoms with Crippen LogP contribution in [0.1, 0.15) is 72.1 Å². The lowest BCUT2D eigenvalue weighted by Crippen LogP contribution is -2.49. The molecule has 3 aliphatic carbocycles. The Hall–Kier alpha value is -0.570. The minimum atomic E-state index is 0.224. The molecule has 1 amide bonds. The highest BCUT2D eigenvalue weighted by Gasteiger charge is 2.42. The fourth-order valence-corrected chi connectivity index (χ4v) is 4.40. The van der Waals surface area contributed by atoms with E-state index in [1.807, 2.05) is 0 Å². The Labute approximate surface area is 136 Å².